The van der Waals surface area contributed by atoms with Crippen LogP contribution in [0.25, 0.3) is 0 Å². The highest BCUT2D eigenvalue weighted by Crippen LogP contribution is 2.19. The van der Waals surface area contributed by atoms with Gasteiger partial charge in [0.2, 0.25) is 0 Å². The molecule has 114 valence electrons. The zero-order valence-electron chi connectivity index (χ0n) is 11.8. The molecule has 6 heteroatoms. The number of benzene rings is 2. The number of hydrogen-bond acceptors (Lipinski definition) is 2. The SMILES string of the molecule is Cc1cc(Br)ccc1NC(=O)C(=O)NCc1ccc(Cl)cc1. The third kappa shape index (κ3) is 4.58. The summed E-state index contributed by atoms with van der Waals surface area (Å²) in [6.45, 7) is 2.12. The molecule has 0 bridgehead atoms. The molecule has 22 heavy (non-hydrogen) atoms. The molecule has 2 amide bonds. The van der Waals surface area contributed by atoms with Crippen LogP contribution in [0.3, 0.4) is 0 Å². The maximum Gasteiger partial charge on any atom is 0.313 e. The molecule has 2 aromatic rings. The molecule has 4 nitrogen and oxygen atoms in total. The maximum absolute atomic E-state index is 11.9. The number of halogens is 2. The summed E-state index contributed by atoms with van der Waals surface area (Å²) in [7, 11) is 0. The lowest BCUT2D eigenvalue weighted by Gasteiger charge is -2.09. The van der Waals surface area contributed by atoms with Crippen LogP contribution in [0, 0.1) is 6.92 Å². The molecule has 0 heterocycles. The van der Waals surface area contributed by atoms with Crippen molar-refractivity contribution in [2.75, 3.05) is 5.32 Å². The Kier molecular flexibility index (Phi) is 5.57. The van der Waals surface area contributed by atoms with Gasteiger partial charge < -0.3 is 10.6 Å². The van der Waals surface area contributed by atoms with E-state index in [1.165, 1.54) is 0 Å². The van der Waals surface area contributed by atoms with Crippen LogP contribution in [0.5, 0.6) is 0 Å². The van der Waals surface area contributed by atoms with Crippen molar-refractivity contribution >= 4 is 45.0 Å². The van der Waals surface area contributed by atoms with Crippen molar-refractivity contribution < 1.29 is 9.59 Å². The van der Waals surface area contributed by atoms with E-state index in [1.807, 2.05) is 13.0 Å². The fourth-order valence-electron chi connectivity index (χ4n) is 1.81. The Bertz CT molecular complexity index is 702. The Morgan fingerprint density at radius 3 is 2.41 bits per heavy atom. The fraction of sp³-hybridized carbons (Fsp3) is 0.125. The predicted octanol–water partition coefficient (Wildman–Crippen LogP) is 3.67. The van der Waals surface area contributed by atoms with Crippen LogP contribution in [0.1, 0.15) is 11.1 Å². The van der Waals surface area contributed by atoms with Crippen molar-refractivity contribution in [3.05, 3.63) is 63.1 Å². The molecule has 0 spiro atoms. The lowest BCUT2D eigenvalue weighted by Crippen LogP contribution is -2.35. The smallest absolute Gasteiger partial charge is 0.313 e. The van der Waals surface area contributed by atoms with Crippen molar-refractivity contribution in [1.82, 2.24) is 5.32 Å². The largest absolute Gasteiger partial charge is 0.344 e. The molecule has 0 aliphatic carbocycles. The number of nitrogens with one attached hydrogen (secondary N) is 2. The highest BCUT2D eigenvalue weighted by molar-refractivity contribution is 9.10. The average Bonchev–Trinajstić information content (AvgIpc) is 2.49. The standard InChI is InChI=1S/C16H14BrClN2O2/c1-10-8-12(17)4-7-14(10)20-16(22)15(21)19-9-11-2-5-13(18)6-3-11/h2-8H,9H2,1H3,(H,19,21)(H,20,22). The van der Waals surface area contributed by atoms with Crippen LogP contribution < -0.4 is 10.6 Å². The van der Waals surface area contributed by atoms with Crippen molar-refractivity contribution in [2.24, 2.45) is 0 Å². The number of hydrogen-bond donors (Lipinski definition) is 2. The zero-order chi connectivity index (χ0) is 16.1. The van der Waals surface area contributed by atoms with Gasteiger partial charge >= 0.3 is 11.8 Å². The molecular weight excluding hydrogens is 368 g/mol. The number of aryl methyl sites for hydroxylation is 1. The number of rotatable bonds is 3. The maximum atomic E-state index is 11.9. The monoisotopic (exact) mass is 380 g/mol. The molecule has 2 aromatic carbocycles. The second-order valence-electron chi connectivity index (χ2n) is 4.72. The molecule has 0 saturated heterocycles. The third-order valence-electron chi connectivity index (χ3n) is 3.01. The molecule has 0 aromatic heterocycles. The molecule has 0 aliphatic heterocycles. The van der Waals surface area contributed by atoms with Crippen molar-refractivity contribution in [3.8, 4) is 0 Å². The van der Waals surface area contributed by atoms with Crippen LogP contribution in [0.2, 0.25) is 5.02 Å². The Labute approximate surface area is 142 Å². The molecule has 0 radical (unpaired) electrons. The van der Waals surface area contributed by atoms with E-state index in [1.54, 1.807) is 36.4 Å². The van der Waals surface area contributed by atoms with Gasteiger partial charge in [-0.1, -0.05) is 39.7 Å². The second kappa shape index (κ2) is 7.42. The first-order valence-corrected chi connectivity index (χ1v) is 7.72. The van der Waals surface area contributed by atoms with Crippen LogP contribution in [-0.2, 0) is 16.1 Å². The zero-order valence-corrected chi connectivity index (χ0v) is 14.2. The van der Waals surface area contributed by atoms with Crippen molar-refractivity contribution in [1.29, 1.82) is 0 Å². The summed E-state index contributed by atoms with van der Waals surface area (Å²) < 4.78 is 0.912. The quantitative estimate of drug-likeness (QED) is 0.797. The summed E-state index contributed by atoms with van der Waals surface area (Å²) in [5, 5.41) is 5.78. The molecule has 2 N–H and O–H groups in total. The van der Waals surface area contributed by atoms with Gasteiger partial charge in [0, 0.05) is 21.7 Å². The summed E-state index contributed by atoms with van der Waals surface area (Å²) in [6.07, 6.45) is 0. The van der Waals surface area contributed by atoms with Gasteiger partial charge in [-0.25, -0.2) is 0 Å². The molecule has 0 saturated carbocycles. The van der Waals surface area contributed by atoms with E-state index in [9.17, 15) is 9.59 Å². The number of anilines is 1. The summed E-state index contributed by atoms with van der Waals surface area (Å²) in [5.74, 6) is -1.38. The normalized spacial score (nSPS) is 10.1. The Morgan fingerprint density at radius 2 is 1.77 bits per heavy atom. The minimum atomic E-state index is -0.695. The highest BCUT2D eigenvalue weighted by Gasteiger charge is 2.14. The molecular formula is C16H14BrClN2O2. The third-order valence-corrected chi connectivity index (χ3v) is 3.75. The van der Waals surface area contributed by atoms with Gasteiger partial charge in [-0.05, 0) is 48.4 Å². The summed E-state index contributed by atoms with van der Waals surface area (Å²) in [6, 6.07) is 12.4. The van der Waals surface area contributed by atoms with E-state index in [0.29, 0.717) is 10.7 Å². The molecule has 0 aliphatic rings. The first-order valence-electron chi connectivity index (χ1n) is 6.55. The van der Waals surface area contributed by atoms with E-state index in [2.05, 4.69) is 26.6 Å². The van der Waals surface area contributed by atoms with Gasteiger partial charge in [0.15, 0.2) is 0 Å². The summed E-state index contributed by atoms with van der Waals surface area (Å²) in [5.41, 5.74) is 2.34. The number of carbonyl (C=O) groups excluding carboxylic acids is 2. The first kappa shape index (κ1) is 16.5. The van der Waals surface area contributed by atoms with Gasteiger partial charge in [-0.2, -0.15) is 0 Å². The van der Waals surface area contributed by atoms with Crippen LogP contribution in [0.15, 0.2) is 46.9 Å². The van der Waals surface area contributed by atoms with Gasteiger partial charge in [0.25, 0.3) is 0 Å². The lowest BCUT2D eigenvalue weighted by molar-refractivity contribution is -0.136. The Hall–Kier alpha value is -1.85. The Morgan fingerprint density at radius 1 is 1.09 bits per heavy atom. The number of amides is 2. The molecule has 0 fully saturated rings. The van der Waals surface area contributed by atoms with E-state index >= 15 is 0 Å². The van der Waals surface area contributed by atoms with Crippen LogP contribution in [-0.4, -0.2) is 11.8 Å². The van der Waals surface area contributed by atoms with Gasteiger partial charge in [0.05, 0.1) is 0 Å². The van der Waals surface area contributed by atoms with E-state index in [4.69, 9.17) is 11.6 Å². The van der Waals surface area contributed by atoms with Gasteiger partial charge in [-0.15, -0.1) is 0 Å². The lowest BCUT2D eigenvalue weighted by atomic mass is 10.2. The second-order valence-corrected chi connectivity index (χ2v) is 6.07. The van der Waals surface area contributed by atoms with Crippen molar-refractivity contribution in [3.63, 3.8) is 0 Å². The fourth-order valence-corrected chi connectivity index (χ4v) is 2.41. The van der Waals surface area contributed by atoms with Crippen LogP contribution >= 0.6 is 27.5 Å². The van der Waals surface area contributed by atoms with E-state index < -0.39 is 11.8 Å². The first-order chi connectivity index (χ1) is 10.5. The Balaban J connectivity index is 1.92. The highest BCUT2D eigenvalue weighted by atomic mass is 79.9. The average molecular weight is 382 g/mol. The predicted molar refractivity (Wildman–Crippen MR) is 90.8 cm³/mol. The van der Waals surface area contributed by atoms with Gasteiger partial charge in [0.1, 0.15) is 0 Å². The topological polar surface area (TPSA) is 58.2 Å². The van der Waals surface area contributed by atoms with Gasteiger partial charge in [-0.3, -0.25) is 9.59 Å². The minimum Gasteiger partial charge on any atom is -0.344 e. The van der Waals surface area contributed by atoms with Crippen molar-refractivity contribution in [2.45, 2.75) is 13.5 Å². The number of carbonyl (C=O) groups is 2. The summed E-state index contributed by atoms with van der Waals surface area (Å²) >= 11 is 9.13. The minimum absolute atomic E-state index is 0.267. The molecule has 0 unspecified atom stereocenters. The van der Waals surface area contributed by atoms with Crippen LogP contribution in [0.4, 0.5) is 5.69 Å². The van der Waals surface area contributed by atoms with E-state index in [-0.39, 0.29) is 6.54 Å². The molecule has 2 rings (SSSR count). The van der Waals surface area contributed by atoms with E-state index in [0.717, 1.165) is 15.6 Å². The summed E-state index contributed by atoms with van der Waals surface area (Å²) in [4.78, 5) is 23.7. The molecule has 0 atom stereocenters.